The van der Waals surface area contributed by atoms with Crippen LogP contribution < -0.4 is 12.4 Å². The molecule has 0 aromatic rings. The van der Waals surface area contributed by atoms with Gasteiger partial charge in [-0.3, -0.25) is 0 Å². The van der Waals surface area contributed by atoms with Gasteiger partial charge < -0.3 is 17.5 Å². The van der Waals surface area contributed by atoms with Crippen molar-refractivity contribution in [3.63, 3.8) is 0 Å². The van der Waals surface area contributed by atoms with E-state index in [0.717, 1.165) is 0 Å². The SMILES string of the molecule is CCO.[Cl-]. The van der Waals surface area contributed by atoms with Crippen LogP contribution in [0.4, 0.5) is 0 Å². The molecule has 1 N–H and O–H groups in total. The average Bonchev–Trinajstić information content (AvgIpc) is 0.918. The van der Waals surface area contributed by atoms with Crippen molar-refractivity contribution >= 4 is 0 Å². The Morgan fingerprint density at radius 3 is 1.75 bits per heavy atom. The first kappa shape index (κ1) is 8.87. The van der Waals surface area contributed by atoms with Crippen molar-refractivity contribution in [1.82, 2.24) is 0 Å². The molecular formula is C2H6ClO-. The third kappa shape index (κ3) is 56.3. The summed E-state index contributed by atoms with van der Waals surface area (Å²) in [6.45, 7) is 1.93. The molecule has 2 heteroatoms. The molecule has 0 aromatic carbocycles. The van der Waals surface area contributed by atoms with Crippen LogP contribution in [0.25, 0.3) is 0 Å². The summed E-state index contributed by atoms with van der Waals surface area (Å²) < 4.78 is 0. The van der Waals surface area contributed by atoms with Crippen molar-refractivity contribution in [3.8, 4) is 0 Å². The topological polar surface area (TPSA) is 20.2 Å². The van der Waals surface area contributed by atoms with E-state index < -0.39 is 0 Å². The van der Waals surface area contributed by atoms with Crippen molar-refractivity contribution in [2.24, 2.45) is 0 Å². The van der Waals surface area contributed by atoms with Gasteiger partial charge in [-0.1, -0.05) is 0 Å². The summed E-state index contributed by atoms with van der Waals surface area (Å²) >= 11 is 0. The van der Waals surface area contributed by atoms with E-state index in [1.807, 2.05) is 0 Å². The minimum atomic E-state index is 0. The van der Waals surface area contributed by atoms with Crippen molar-refractivity contribution in [1.29, 1.82) is 0 Å². The first-order chi connectivity index (χ1) is 1.41. The van der Waals surface area contributed by atoms with Crippen LogP contribution in [0.2, 0.25) is 0 Å². The largest absolute Gasteiger partial charge is 1.00 e. The van der Waals surface area contributed by atoms with E-state index in [4.69, 9.17) is 5.11 Å². The molecule has 0 fully saturated rings. The Bertz CT molecular complexity index is 6.00. The van der Waals surface area contributed by atoms with Crippen LogP contribution >= 0.6 is 0 Å². The van der Waals surface area contributed by atoms with E-state index in [9.17, 15) is 0 Å². The van der Waals surface area contributed by atoms with E-state index in [2.05, 4.69) is 0 Å². The summed E-state index contributed by atoms with van der Waals surface area (Å²) in [5, 5.41) is 7.57. The Morgan fingerprint density at radius 1 is 1.75 bits per heavy atom. The molecule has 0 aromatic heterocycles. The maximum Gasteiger partial charge on any atom is 0.0402 e. The molecule has 0 bridgehead atoms. The molecular weight excluding hydrogens is 75.5 g/mol. The zero-order valence-electron chi connectivity index (χ0n) is 2.53. The zero-order chi connectivity index (χ0) is 2.71. The highest BCUT2D eigenvalue weighted by Crippen LogP contribution is 1.30. The van der Waals surface area contributed by atoms with Crippen LogP contribution in [0.15, 0.2) is 0 Å². The van der Waals surface area contributed by atoms with Crippen LogP contribution in [0.5, 0.6) is 0 Å². The highest BCUT2D eigenvalue weighted by molar-refractivity contribution is 3.84. The number of aliphatic hydroxyl groups is 1. The number of aliphatic hydroxyl groups excluding tert-OH is 1. The summed E-state index contributed by atoms with van der Waals surface area (Å²) in [4.78, 5) is 0. The quantitative estimate of drug-likeness (QED) is 0.330. The van der Waals surface area contributed by atoms with Gasteiger partial charge in [-0.15, -0.1) is 0 Å². The van der Waals surface area contributed by atoms with Gasteiger partial charge >= 0.3 is 0 Å². The Kier molecular flexibility index (Phi) is 23.3. The van der Waals surface area contributed by atoms with Crippen molar-refractivity contribution in [2.45, 2.75) is 6.92 Å². The smallest absolute Gasteiger partial charge is 0.0402 e. The summed E-state index contributed by atoms with van der Waals surface area (Å²) in [5.74, 6) is 0. The first-order valence-electron chi connectivity index (χ1n) is 1.02. The van der Waals surface area contributed by atoms with E-state index >= 15 is 0 Å². The molecule has 0 aliphatic carbocycles. The second kappa shape index (κ2) is 10.5. The Balaban J connectivity index is 0. The molecule has 1 nitrogen and oxygen atoms in total. The fraction of sp³-hybridized carbons (Fsp3) is 1.00. The molecule has 0 spiro atoms. The van der Waals surface area contributed by atoms with Crippen molar-refractivity contribution in [2.75, 3.05) is 6.61 Å². The van der Waals surface area contributed by atoms with Gasteiger partial charge in [-0.2, -0.15) is 0 Å². The summed E-state index contributed by atoms with van der Waals surface area (Å²) in [7, 11) is 0. The van der Waals surface area contributed by atoms with Gasteiger partial charge in [0.1, 0.15) is 0 Å². The predicted molar refractivity (Wildman–Crippen MR) is 12.8 cm³/mol. The molecule has 0 unspecified atom stereocenters. The first-order valence-corrected chi connectivity index (χ1v) is 1.02. The molecule has 0 aliphatic heterocycles. The molecule has 0 amide bonds. The van der Waals surface area contributed by atoms with Gasteiger partial charge in [-0.05, 0) is 6.92 Å². The van der Waals surface area contributed by atoms with Crippen LogP contribution in [0, 0.1) is 0 Å². The normalized spacial score (nSPS) is 4.50. The number of hydrogen-bond donors (Lipinski definition) is 1. The molecule has 0 saturated carbocycles. The number of hydrogen-bond acceptors (Lipinski definition) is 1. The molecule has 0 aliphatic rings. The van der Waals surface area contributed by atoms with E-state index in [-0.39, 0.29) is 19.0 Å². The minimum absolute atomic E-state index is 0. The Labute approximate surface area is 32.1 Å². The summed E-state index contributed by atoms with van der Waals surface area (Å²) in [6.07, 6.45) is 0. The van der Waals surface area contributed by atoms with Gasteiger partial charge in [-0.25, -0.2) is 0 Å². The number of rotatable bonds is 0. The molecule has 0 rings (SSSR count). The van der Waals surface area contributed by atoms with Gasteiger partial charge in [0.25, 0.3) is 0 Å². The van der Waals surface area contributed by atoms with E-state index in [0.29, 0.717) is 0 Å². The molecule has 0 saturated heterocycles. The van der Waals surface area contributed by atoms with Gasteiger partial charge in [0.15, 0.2) is 0 Å². The lowest BCUT2D eigenvalue weighted by Gasteiger charge is -1.52. The molecule has 4 heavy (non-hydrogen) atoms. The van der Waals surface area contributed by atoms with Crippen molar-refractivity contribution in [3.05, 3.63) is 0 Å². The molecule has 0 atom stereocenters. The van der Waals surface area contributed by atoms with Crippen LogP contribution in [-0.4, -0.2) is 11.7 Å². The molecule has 28 valence electrons. The van der Waals surface area contributed by atoms with Crippen LogP contribution in [0.1, 0.15) is 6.92 Å². The monoisotopic (exact) mass is 81.0 g/mol. The van der Waals surface area contributed by atoms with Crippen LogP contribution in [-0.2, 0) is 0 Å². The fourth-order valence-corrected chi connectivity index (χ4v) is 0. The van der Waals surface area contributed by atoms with E-state index in [1.165, 1.54) is 0 Å². The highest BCUT2D eigenvalue weighted by atomic mass is 35.5. The third-order valence-electron chi connectivity index (χ3n) is 0. The highest BCUT2D eigenvalue weighted by Gasteiger charge is 1.34. The lowest BCUT2D eigenvalue weighted by molar-refractivity contribution is -0.00000194. The maximum atomic E-state index is 7.57. The second-order valence-corrected chi connectivity index (χ2v) is 0.316. The predicted octanol–water partition coefficient (Wildman–Crippen LogP) is -3.00. The Hall–Kier alpha value is 0.250. The van der Waals surface area contributed by atoms with Crippen LogP contribution in [0.3, 0.4) is 0 Å². The lowest BCUT2D eigenvalue weighted by Crippen LogP contribution is -3.00. The van der Waals surface area contributed by atoms with Gasteiger partial charge in [0, 0.05) is 6.61 Å². The molecule has 0 heterocycles. The van der Waals surface area contributed by atoms with Crippen molar-refractivity contribution < 1.29 is 17.5 Å². The molecule has 0 radical (unpaired) electrons. The van der Waals surface area contributed by atoms with Gasteiger partial charge in [0.2, 0.25) is 0 Å². The summed E-state index contributed by atoms with van der Waals surface area (Å²) in [5.41, 5.74) is 0. The lowest BCUT2D eigenvalue weighted by atomic mass is 10.9. The number of halogens is 1. The second-order valence-electron chi connectivity index (χ2n) is 0.316. The Morgan fingerprint density at radius 2 is 1.75 bits per heavy atom. The average molecular weight is 81.5 g/mol. The summed E-state index contributed by atoms with van der Waals surface area (Å²) in [6, 6.07) is 0. The maximum absolute atomic E-state index is 7.57. The zero-order valence-corrected chi connectivity index (χ0v) is 3.29. The van der Waals surface area contributed by atoms with Gasteiger partial charge in [0.05, 0.1) is 0 Å². The standard InChI is InChI=1S/C2H6O.ClH/c1-2-3;/h3H,2H2,1H3;1H/p-1. The third-order valence-corrected chi connectivity index (χ3v) is 0. The fourth-order valence-electron chi connectivity index (χ4n) is 0. The van der Waals surface area contributed by atoms with E-state index in [1.54, 1.807) is 6.92 Å². The minimum Gasteiger partial charge on any atom is -1.00 e.